The third-order valence-electron chi connectivity index (χ3n) is 5.68. The maximum absolute atomic E-state index is 6.54. The van der Waals surface area contributed by atoms with Crippen LogP contribution in [-0.4, -0.2) is 32.1 Å². The number of nitrogens with zero attached hydrogens (tertiary/aromatic N) is 1. The normalized spacial score (nSPS) is 18.9. The number of allylic oxidation sites excluding steroid dienone is 1. The number of aryl methyl sites for hydroxylation is 2. The fourth-order valence-electron chi connectivity index (χ4n) is 3.98. The van der Waals surface area contributed by atoms with Crippen LogP contribution < -0.4 is 9.47 Å². The van der Waals surface area contributed by atoms with Crippen molar-refractivity contribution < 1.29 is 19.0 Å². The summed E-state index contributed by atoms with van der Waals surface area (Å²) in [7, 11) is 1.54. The molecular formula is C27H35NO4. The lowest BCUT2D eigenvalue weighted by atomic mass is 9.94. The van der Waals surface area contributed by atoms with E-state index in [4.69, 9.17) is 19.0 Å². The van der Waals surface area contributed by atoms with Crippen molar-refractivity contribution in [2.24, 2.45) is 5.16 Å². The van der Waals surface area contributed by atoms with Crippen LogP contribution in [0.25, 0.3) is 0 Å². The second-order valence-electron chi connectivity index (χ2n) is 8.22. The Morgan fingerprint density at radius 2 is 1.69 bits per heavy atom. The van der Waals surface area contributed by atoms with Gasteiger partial charge in [-0.15, -0.1) is 0 Å². The molecule has 0 heterocycles. The lowest BCUT2D eigenvalue weighted by Gasteiger charge is -2.33. The molecule has 172 valence electrons. The van der Waals surface area contributed by atoms with Gasteiger partial charge in [0.1, 0.15) is 31.3 Å². The van der Waals surface area contributed by atoms with Gasteiger partial charge in [-0.1, -0.05) is 48.0 Å². The Hall–Kier alpha value is -2.79. The Balaban J connectivity index is 1.62. The molecule has 1 aliphatic carbocycles. The molecule has 0 aliphatic heterocycles. The van der Waals surface area contributed by atoms with E-state index in [1.807, 2.05) is 31.2 Å². The highest BCUT2D eigenvalue weighted by molar-refractivity contribution is 5.79. The average molecular weight is 438 g/mol. The van der Waals surface area contributed by atoms with E-state index in [2.05, 4.69) is 43.3 Å². The minimum atomic E-state index is 0.0593. The third kappa shape index (κ3) is 6.86. The summed E-state index contributed by atoms with van der Waals surface area (Å²) in [5.74, 6) is 1.83. The van der Waals surface area contributed by atoms with Crippen molar-refractivity contribution in [3.8, 4) is 11.5 Å². The van der Waals surface area contributed by atoms with Crippen LogP contribution in [0.3, 0.4) is 0 Å². The minimum Gasteiger partial charge on any atom is -0.490 e. The van der Waals surface area contributed by atoms with Gasteiger partial charge in [0.05, 0.1) is 18.9 Å². The molecule has 3 rings (SSSR count). The number of rotatable bonds is 10. The fraction of sp³-hybridized carbons (Fsp3) is 0.444. The Morgan fingerprint density at radius 1 is 1.00 bits per heavy atom. The van der Waals surface area contributed by atoms with Crippen molar-refractivity contribution in [3.63, 3.8) is 0 Å². The van der Waals surface area contributed by atoms with Gasteiger partial charge in [-0.25, -0.2) is 0 Å². The summed E-state index contributed by atoms with van der Waals surface area (Å²) in [6, 6.07) is 12.3. The molecule has 2 atom stereocenters. The first-order chi connectivity index (χ1) is 15.6. The van der Waals surface area contributed by atoms with Crippen molar-refractivity contribution in [1.82, 2.24) is 0 Å². The maximum Gasteiger partial charge on any atom is 0.125 e. The van der Waals surface area contributed by atoms with Gasteiger partial charge in [-0.2, -0.15) is 0 Å². The van der Waals surface area contributed by atoms with E-state index in [0.29, 0.717) is 13.2 Å². The summed E-state index contributed by atoms with van der Waals surface area (Å²) < 4.78 is 18.7. The summed E-state index contributed by atoms with van der Waals surface area (Å²) in [6.45, 7) is 7.30. The zero-order chi connectivity index (χ0) is 22.8. The SMILES string of the molecule is C/C=C/COc1cc(C)c(OC2CCCCC2OCc2ccc(/C=N\OC)cc2)c(C)c1. The first-order valence-corrected chi connectivity index (χ1v) is 11.4. The number of ether oxygens (including phenoxy) is 3. The molecule has 0 aromatic heterocycles. The van der Waals surface area contributed by atoms with Crippen molar-refractivity contribution in [2.75, 3.05) is 13.7 Å². The predicted molar refractivity (Wildman–Crippen MR) is 129 cm³/mol. The lowest BCUT2D eigenvalue weighted by molar-refractivity contribution is -0.0558. The van der Waals surface area contributed by atoms with E-state index in [1.54, 1.807) is 6.21 Å². The van der Waals surface area contributed by atoms with Crippen LogP contribution in [0.1, 0.15) is 54.9 Å². The van der Waals surface area contributed by atoms with Crippen LogP contribution in [0.5, 0.6) is 11.5 Å². The lowest BCUT2D eigenvalue weighted by Crippen LogP contribution is -2.37. The Morgan fingerprint density at radius 3 is 2.34 bits per heavy atom. The van der Waals surface area contributed by atoms with E-state index in [0.717, 1.165) is 46.6 Å². The average Bonchev–Trinajstić information content (AvgIpc) is 2.80. The highest BCUT2D eigenvalue weighted by Gasteiger charge is 2.28. The topological polar surface area (TPSA) is 49.3 Å². The van der Waals surface area contributed by atoms with Gasteiger partial charge in [0.15, 0.2) is 0 Å². The summed E-state index contributed by atoms with van der Waals surface area (Å²) in [5, 5.41) is 3.80. The smallest absolute Gasteiger partial charge is 0.125 e. The van der Waals surface area contributed by atoms with Crippen LogP contribution in [0.15, 0.2) is 53.7 Å². The highest BCUT2D eigenvalue weighted by atomic mass is 16.6. The van der Waals surface area contributed by atoms with Gasteiger partial charge in [0.25, 0.3) is 0 Å². The summed E-state index contributed by atoms with van der Waals surface area (Å²) >= 11 is 0. The highest BCUT2D eigenvalue weighted by Crippen LogP contribution is 2.33. The van der Waals surface area contributed by atoms with Crippen molar-refractivity contribution in [2.45, 2.75) is 65.3 Å². The number of benzene rings is 2. The molecular weight excluding hydrogens is 402 g/mol. The molecule has 2 aromatic carbocycles. The zero-order valence-electron chi connectivity index (χ0n) is 19.7. The first kappa shape index (κ1) is 23.9. The van der Waals surface area contributed by atoms with Gasteiger partial charge < -0.3 is 19.0 Å². The van der Waals surface area contributed by atoms with Gasteiger partial charge in [-0.05, 0) is 74.4 Å². The van der Waals surface area contributed by atoms with Gasteiger partial charge in [0, 0.05) is 0 Å². The molecule has 0 radical (unpaired) electrons. The molecule has 0 spiro atoms. The fourth-order valence-corrected chi connectivity index (χ4v) is 3.98. The Bertz CT molecular complexity index is 881. The van der Waals surface area contributed by atoms with E-state index in [-0.39, 0.29) is 12.2 Å². The minimum absolute atomic E-state index is 0.0593. The van der Waals surface area contributed by atoms with Crippen LogP contribution in [0.4, 0.5) is 0 Å². The van der Waals surface area contributed by atoms with Crippen molar-refractivity contribution >= 4 is 6.21 Å². The van der Waals surface area contributed by atoms with E-state index < -0.39 is 0 Å². The molecule has 5 nitrogen and oxygen atoms in total. The van der Waals surface area contributed by atoms with Gasteiger partial charge in [-0.3, -0.25) is 0 Å². The third-order valence-corrected chi connectivity index (χ3v) is 5.68. The Labute approximate surface area is 192 Å². The van der Waals surface area contributed by atoms with Gasteiger partial charge >= 0.3 is 0 Å². The van der Waals surface area contributed by atoms with E-state index >= 15 is 0 Å². The monoisotopic (exact) mass is 437 g/mol. The molecule has 1 saturated carbocycles. The summed E-state index contributed by atoms with van der Waals surface area (Å²) in [5.41, 5.74) is 4.33. The molecule has 32 heavy (non-hydrogen) atoms. The molecule has 1 fully saturated rings. The van der Waals surface area contributed by atoms with Gasteiger partial charge in [0.2, 0.25) is 0 Å². The summed E-state index contributed by atoms with van der Waals surface area (Å²) in [6.07, 6.45) is 10.2. The molecule has 0 bridgehead atoms. The first-order valence-electron chi connectivity index (χ1n) is 11.4. The summed E-state index contributed by atoms with van der Waals surface area (Å²) in [4.78, 5) is 4.73. The second-order valence-corrected chi connectivity index (χ2v) is 8.22. The number of hydrogen-bond donors (Lipinski definition) is 0. The molecule has 1 aliphatic rings. The predicted octanol–water partition coefficient (Wildman–Crippen LogP) is 6.15. The number of hydrogen-bond acceptors (Lipinski definition) is 5. The second kappa shape index (κ2) is 12.3. The van der Waals surface area contributed by atoms with Crippen LogP contribution in [0.2, 0.25) is 0 Å². The molecule has 0 saturated heterocycles. The molecule has 5 heteroatoms. The molecule has 2 aromatic rings. The maximum atomic E-state index is 6.54. The van der Waals surface area contributed by atoms with E-state index in [1.165, 1.54) is 20.0 Å². The van der Waals surface area contributed by atoms with Crippen molar-refractivity contribution in [3.05, 3.63) is 70.8 Å². The van der Waals surface area contributed by atoms with E-state index in [9.17, 15) is 0 Å². The Kier molecular flexibility index (Phi) is 9.17. The number of oxime groups is 1. The zero-order valence-corrected chi connectivity index (χ0v) is 19.7. The quantitative estimate of drug-likeness (QED) is 0.254. The van der Waals surface area contributed by atoms with Crippen molar-refractivity contribution in [1.29, 1.82) is 0 Å². The molecule has 0 N–H and O–H groups in total. The molecule has 2 unspecified atom stereocenters. The van der Waals surface area contributed by atoms with Crippen LogP contribution in [-0.2, 0) is 16.2 Å². The molecule has 0 amide bonds. The standard InChI is InChI=1S/C27H35NO4/c1-5-6-15-30-24-16-20(2)27(21(3)17-24)32-26-10-8-7-9-25(26)31-19-23-13-11-22(12-14-23)18-28-29-4/h5-6,11-14,16-18,25-26H,7-10,15,19H2,1-4H3/b6-5+,28-18-. The van der Waals surface area contributed by atoms with Crippen LogP contribution >= 0.6 is 0 Å². The van der Waals surface area contributed by atoms with Crippen LogP contribution in [0, 0.1) is 13.8 Å². The largest absolute Gasteiger partial charge is 0.490 e.